The van der Waals surface area contributed by atoms with Crippen molar-refractivity contribution in [3.05, 3.63) is 64.7 Å². The number of amides is 2. The van der Waals surface area contributed by atoms with E-state index < -0.39 is 16.1 Å². The second kappa shape index (κ2) is 14.9. The summed E-state index contributed by atoms with van der Waals surface area (Å²) in [5, 5.41) is 3.47. The Labute approximate surface area is 219 Å². The smallest absolute Gasteiger partial charge is 0.242 e. The summed E-state index contributed by atoms with van der Waals surface area (Å²) in [4.78, 5) is 27.8. The Morgan fingerprint density at radius 1 is 1.03 bits per heavy atom. The highest BCUT2D eigenvalue weighted by molar-refractivity contribution is 7.89. The zero-order chi connectivity index (χ0) is 26.6. The minimum atomic E-state index is -3.53. The zero-order valence-corrected chi connectivity index (χ0v) is 22.7. The van der Waals surface area contributed by atoms with Crippen LogP contribution in [0.1, 0.15) is 44.7 Å². The summed E-state index contributed by atoms with van der Waals surface area (Å²) >= 11 is 5.99. The Kier molecular flexibility index (Phi) is 12.4. The molecule has 0 bridgehead atoms. The average Bonchev–Trinajstić information content (AvgIpc) is 2.86. The first-order valence-electron chi connectivity index (χ1n) is 12.2. The van der Waals surface area contributed by atoms with Crippen LogP contribution < -0.4 is 10.0 Å². The predicted octanol–water partition coefficient (Wildman–Crippen LogP) is 3.53. The van der Waals surface area contributed by atoms with Gasteiger partial charge in [-0.05, 0) is 62.1 Å². The van der Waals surface area contributed by atoms with Crippen LogP contribution in [0.4, 0.5) is 0 Å². The van der Waals surface area contributed by atoms with Crippen LogP contribution in [-0.2, 0) is 37.3 Å². The topological polar surface area (TPSA) is 105 Å². The van der Waals surface area contributed by atoms with Crippen LogP contribution in [0.5, 0.6) is 0 Å². The zero-order valence-electron chi connectivity index (χ0n) is 21.1. The molecular formula is C26H36ClN3O5S. The largest absolute Gasteiger partial charge is 0.382 e. The quantitative estimate of drug-likeness (QED) is 0.338. The van der Waals surface area contributed by atoms with Gasteiger partial charge in [-0.2, -0.15) is 0 Å². The molecule has 198 valence electrons. The van der Waals surface area contributed by atoms with Crippen molar-refractivity contribution < 1.29 is 22.7 Å². The predicted molar refractivity (Wildman–Crippen MR) is 141 cm³/mol. The van der Waals surface area contributed by atoms with Gasteiger partial charge in [0.15, 0.2) is 0 Å². The van der Waals surface area contributed by atoms with Gasteiger partial charge in [0, 0.05) is 44.3 Å². The van der Waals surface area contributed by atoms with E-state index in [2.05, 4.69) is 10.0 Å². The highest BCUT2D eigenvalue weighted by atomic mass is 35.5. The van der Waals surface area contributed by atoms with Gasteiger partial charge in [0.05, 0.1) is 4.90 Å². The normalized spacial score (nSPS) is 12.2. The van der Waals surface area contributed by atoms with Crippen LogP contribution in [-0.4, -0.2) is 57.5 Å². The molecule has 0 unspecified atom stereocenters. The van der Waals surface area contributed by atoms with Crippen molar-refractivity contribution in [2.45, 2.75) is 57.5 Å². The molecule has 0 aliphatic heterocycles. The lowest BCUT2D eigenvalue weighted by Crippen LogP contribution is -2.48. The summed E-state index contributed by atoms with van der Waals surface area (Å²) in [6, 6.07) is 13.0. The molecule has 1 atom stereocenters. The highest BCUT2D eigenvalue weighted by Crippen LogP contribution is 2.17. The summed E-state index contributed by atoms with van der Waals surface area (Å²) in [7, 11) is -3.53. The van der Waals surface area contributed by atoms with Gasteiger partial charge in [0.2, 0.25) is 21.8 Å². The minimum Gasteiger partial charge on any atom is -0.382 e. The molecule has 2 N–H and O–H groups in total. The molecular weight excluding hydrogens is 502 g/mol. The number of ether oxygens (including phenoxy) is 1. The Hall–Kier alpha value is -2.46. The molecule has 2 aromatic carbocycles. The van der Waals surface area contributed by atoms with Crippen LogP contribution in [0.15, 0.2) is 53.4 Å². The molecule has 10 heteroatoms. The number of benzene rings is 2. The molecule has 2 aromatic rings. The Morgan fingerprint density at radius 2 is 1.67 bits per heavy atom. The molecule has 2 rings (SSSR count). The van der Waals surface area contributed by atoms with Crippen molar-refractivity contribution in [3.8, 4) is 0 Å². The monoisotopic (exact) mass is 537 g/mol. The lowest BCUT2D eigenvalue weighted by Gasteiger charge is -2.29. The van der Waals surface area contributed by atoms with E-state index in [1.165, 1.54) is 12.1 Å². The molecule has 0 heterocycles. The van der Waals surface area contributed by atoms with E-state index in [1.54, 1.807) is 43.0 Å². The van der Waals surface area contributed by atoms with Gasteiger partial charge in [-0.3, -0.25) is 9.59 Å². The number of carbonyl (C=O) groups is 2. The van der Waals surface area contributed by atoms with Gasteiger partial charge in [0.25, 0.3) is 0 Å². The molecule has 2 amide bonds. The van der Waals surface area contributed by atoms with Gasteiger partial charge < -0.3 is 15.0 Å². The van der Waals surface area contributed by atoms with Crippen LogP contribution >= 0.6 is 11.6 Å². The Bertz CT molecular complexity index is 1080. The Morgan fingerprint density at radius 3 is 2.28 bits per heavy atom. The van der Waals surface area contributed by atoms with Crippen molar-refractivity contribution >= 4 is 33.4 Å². The van der Waals surface area contributed by atoms with Crippen molar-refractivity contribution in [1.29, 1.82) is 0 Å². The van der Waals surface area contributed by atoms with E-state index in [4.69, 9.17) is 16.3 Å². The lowest BCUT2D eigenvalue weighted by molar-refractivity contribution is -0.140. The second-order valence-corrected chi connectivity index (χ2v) is 10.5. The number of halogens is 1. The third kappa shape index (κ3) is 9.54. The van der Waals surface area contributed by atoms with Crippen LogP contribution in [0.25, 0.3) is 0 Å². The average molecular weight is 538 g/mol. The summed E-state index contributed by atoms with van der Waals surface area (Å²) in [5.74, 6) is -0.405. The van der Waals surface area contributed by atoms with Crippen molar-refractivity contribution in [2.24, 2.45) is 0 Å². The summed E-state index contributed by atoms with van der Waals surface area (Å²) in [6.45, 7) is 7.58. The number of sulfonamides is 1. The van der Waals surface area contributed by atoms with E-state index in [9.17, 15) is 18.0 Å². The SMILES string of the molecule is CCNS(=O)(=O)c1ccc(CCC(=O)N(Cc2ccc(Cl)cc2)[C@H](C)C(=O)NCCCOCC)cc1. The van der Waals surface area contributed by atoms with Crippen molar-refractivity contribution in [1.82, 2.24) is 14.9 Å². The van der Waals surface area contributed by atoms with E-state index in [0.29, 0.717) is 44.2 Å². The standard InChI is InChI=1S/C26H36ClN3O5S/c1-4-29-36(33,34)24-14-9-21(10-15-24)11-16-25(31)30(19-22-7-12-23(27)13-8-22)20(3)26(32)28-17-6-18-35-5-2/h7-10,12-15,20,29H,4-6,11,16-19H2,1-3H3,(H,28,32)/t20-/m1/s1. The van der Waals surface area contributed by atoms with Gasteiger partial charge >= 0.3 is 0 Å². The van der Waals surface area contributed by atoms with Gasteiger partial charge in [0.1, 0.15) is 6.04 Å². The summed E-state index contributed by atoms with van der Waals surface area (Å²) < 4.78 is 32.0. The molecule has 0 aromatic heterocycles. The molecule has 0 radical (unpaired) electrons. The summed E-state index contributed by atoms with van der Waals surface area (Å²) in [5.41, 5.74) is 1.69. The van der Waals surface area contributed by atoms with E-state index in [1.807, 2.05) is 19.1 Å². The number of aryl methyl sites for hydroxylation is 1. The fourth-order valence-electron chi connectivity index (χ4n) is 3.55. The number of hydrogen-bond donors (Lipinski definition) is 2. The van der Waals surface area contributed by atoms with Crippen LogP contribution in [0.2, 0.25) is 5.02 Å². The number of nitrogens with one attached hydrogen (secondary N) is 2. The molecule has 0 aliphatic carbocycles. The minimum absolute atomic E-state index is 0.175. The van der Waals surface area contributed by atoms with Gasteiger partial charge in [-0.25, -0.2) is 13.1 Å². The third-order valence-corrected chi connectivity index (χ3v) is 7.41. The maximum atomic E-state index is 13.3. The lowest BCUT2D eigenvalue weighted by atomic mass is 10.1. The molecule has 0 saturated carbocycles. The third-order valence-electron chi connectivity index (χ3n) is 5.60. The maximum Gasteiger partial charge on any atom is 0.242 e. The molecule has 0 spiro atoms. The van der Waals surface area contributed by atoms with Crippen LogP contribution in [0, 0.1) is 0 Å². The van der Waals surface area contributed by atoms with E-state index in [0.717, 1.165) is 11.1 Å². The molecule has 0 fully saturated rings. The van der Waals surface area contributed by atoms with Gasteiger partial charge in [-0.15, -0.1) is 0 Å². The maximum absolute atomic E-state index is 13.3. The number of nitrogens with zero attached hydrogens (tertiary/aromatic N) is 1. The number of rotatable bonds is 15. The van der Waals surface area contributed by atoms with Crippen molar-refractivity contribution in [3.63, 3.8) is 0 Å². The highest BCUT2D eigenvalue weighted by Gasteiger charge is 2.26. The number of hydrogen-bond acceptors (Lipinski definition) is 5. The van der Waals surface area contributed by atoms with Crippen LogP contribution in [0.3, 0.4) is 0 Å². The Balaban J connectivity index is 2.07. The van der Waals surface area contributed by atoms with Crippen molar-refractivity contribution in [2.75, 3.05) is 26.3 Å². The first-order valence-corrected chi connectivity index (χ1v) is 14.0. The fourth-order valence-corrected chi connectivity index (χ4v) is 4.72. The second-order valence-electron chi connectivity index (χ2n) is 8.31. The number of carbonyl (C=O) groups excluding carboxylic acids is 2. The fraction of sp³-hybridized carbons (Fsp3) is 0.462. The van der Waals surface area contributed by atoms with E-state index in [-0.39, 0.29) is 29.7 Å². The first-order chi connectivity index (χ1) is 17.2. The summed E-state index contributed by atoms with van der Waals surface area (Å²) in [6.07, 6.45) is 1.28. The van der Waals surface area contributed by atoms with E-state index >= 15 is 0 Å². The molecule has 8 nitrogen and oxygen atoms in total. The molecule has 0 saturated heterocycles. The first kappa shape index (κ1) is 29.8. The molecule has 36 heavy (non-hydrogen) atoms. The molecule has 0 aliphatic rings. The van der Waals surface area contributed by atoms with Gasteiger partial charge in [-0.1, -0.05) is 42.8 Å².